The molecule has 1 atom stereocenters. The van der Waals surface area contributed by atoms with Gasteiger partial charge in [0.15, 0.2) is 5.60 Å². The van der Waals surface area contributed by atoms with Gasteiger partial charge >= 0.3 is 12.1 Å². The second-order valence-electron chi connectivity index (χ2n) is 10.6. The predicted octanol–water partition coefficient (Wildman–Crippen LogP) is 6.48. The fourth-order valence-corrected chi connectivity index (χ4v) is 3.71. The Morgan fingerprint density at radius 2 is 1.77 bits per heavy atom. The van der Waals surface area contributed by atoms with Crippen LogP contribution < -0.4 is 5.73 Å². The van der Waals surface area contributed by atoms with Crippen molar-refractivity contribution in [3.05, 3.63) is 30.1 Å². The molecule has 0 saturated heterocycles. The van der Waals surface area contributed by atoms with E-state index in [1.54, 1.807) is 34.1 Å². The standard InChI is InChI=1S/C16H25NO3.C7H14.C5H11NO2/c1-5-20-15(18)16(19-4,10-9-13(2)3)12-14-8-6-7-11-17-14;1-7-5-3-2-4-6-7;1-5(2,3)8-4(6)7/h6-8,11,13H,5,9-10,12H2,1-4H3;7H,2-6H2,1H3;1-3H3,(H2,6,7). The molecule has 1 aliphatic carbocycles. The number of carbonyl (C=O) groups is 2. The quantitative estimate of drug-likeness (QED) is 0.415. The van der Waals surface area contributed by atoms with Crippen LogP contribution in [0.15, 0.2) is 24.4 Å². The van der Waals surface area contributed by atoms with E-state index in [0.29, 0.717) is 25.4 Å². The number of primary amides is 1. The molecule has 1 aromatic heterocycles. The van der Waals surface area contributed by atoms with E-state index in [2.05, 4.69) is 30.5 Å². The van der Waals surface area contributed by atoms with E-state index < -0.39 is 17.3 Å². The third-order valence-corrected chi connectivity index (χ3v) is 5.66. The Hall–Kier alpha value is -2.15. The Bertz CT molecular complexity index is 697. The number of nitrogens with zero attached hydrogens (tertiary/aromatic N) is 1. The van der Waals surface area contributed by atoms with Crippen molar-refractivity contribution in [3.8, 4) is 0 Å². The van der Waals surface area contributed by atoms with Gasteiger partial charge in [-0.15, -0.1) is 0 Å². The van der Waals surface area contributed by atoms with E-state index in [9.17, 15) is 9.59 Å². The molecule has 0 radical (unpaired) electrons. The predicted molar refractivity (Wildman–Crippen MR) is 141 cm³/mol. The zero-order chi connectivity index (χ0) is 26.9. The van der Waals surface area contributed by atoms with Crippen molar-refractivity contribution in [1.29, 1.82) is 0 Å². The van der Waals surface area contributed by atoms with Gasteiger partial charge in [-0.1, -0.05) is 58.9 Å². The van der Waals surface area contributed by atoms with Crippen molar-refractivity contribution in [1.82, 2.24) is 4.98 Å². The molecule has 7 heteroatoms. The van der Waals surface area contributed by atoms with Crippen LogP contribution in [0.2, 0.25) is 0 Å². The summed E-state index contributed by atoms with van der Waals surface area (Å²) in [6.07, 6.45) is 10.4. The number of hydrogen-bond acceptors (Lipinski definition) is 6. The van der Waals surface area contributed by atoms with Gasteiger partial charge in [-0.25, -0.2) is 9.59 Å². The van der Waals surface area contributed by atoms with Crippen LogP contribution in [0.25, 0.3) is 0 Å². The summed E-state index contributed by atoms with van der Waals surface area (Å²) >= 11 is 0. The monoisotopic (exact) mass is 494 g/mol. The van der Waals surface area contributed by atoms with Gasteiger partial charge in [-0.2, -0.15) is 0 Å². The molecule has 35 heavy (non-hydrogen) atoms. The summed E-state index contributed by atoms with van der Waals surface area (Å²) in [6, 6.07) is 5.68. The summed E-state index contributed by atoms with van der Waals surface area (Å²) in [5.74, 6) is 1.24. The largest absolute Gasteiger partial charge is 0.464 e. The molecule has 1 aromatic rings. The van der Waals surface area contributed by atoms with E-state index in [4.69, 9.17) is 15.2 Å². The molecule has 2 rings (SSSR count). The molecular formula is C28H50N2O5. The minimum Gasteiger partial charge on any atom is -0.464 e. The fraction of sp³-hybridized carbons (Fsp3) is 0.750. The van der Waals surface area contributed by atoms with E-state index in [0.717, 1.165) is 18.0 Å². The van der Waals surface area contributed by atoms with Crippen LogP contribution in [0.5, 0.6) is 0 Å². The number of nitrogens with two attached hydrogens (primary N) is 1. The first kappa shape index (κ1) is 32.8. The van der Waals surface area contributed by atoms with Crippen LogP contribution in [-0.4, -0.2) is 42.0 Å². The van der Waals surface area contributed by atoms with Crippen molar-refractivity contribution in [3.63, 3.8) is 0 Å². The Kier molecular flexibility index (Phi) is 16.2. The highest BCUT2D eigenvalue weighted by Gasteiger charge is 2.40. The molecule has 1 fully saturated rings. The molecule has 0 aliphatic heterocycles. The van der Waals surface area contributed by atoms with Gasteiger partial charge in [-0.05, 0) is 64.5 Å². The van der Waals surface area contributed by atoms with Gasteiger partial charge in [0.1, 0.15) is 5.60 Å². The molecule has 1 unspecified atom stereocenters. The summed E-state index contributed by atoms with van der Waals surface area (Å²) in [6.45, 7) is 14.1. The smallest absolute Gasteiger partial charge is 0.405 e. The summed E-state index contributed by atoms with van der Waals surface area (Å²) in [5, 5.41) is 0. The van der Waals surface area contributed by atoms with Crippen molar-refractivity contribution in [2.75, 3.05) is 13.7 Å². The summed E-state index contributed by atoms with van der Waals surface area (Å²) < 4.78 is 15.4. The molecule has 0 spiro atoms. The third kappa shape index (κ3) is 16.2. The fourth-order valence-electron chi connectivity index (χ4n) is 3.71. The first-order chi connectivity index (χ1) is 16.3. The lowest BCUT2D eigenvalue weighted by atomic mass is 9.88. The molecule has 1 aliphatic rings. The van der Waals surface area contributed by atoms with Gasteiger partial charge in [0, 0.05) is 25.4 Å². The minimum atomic E-state index is -0.936. The molecule has 2 N–H and O–H groups in total. The number of carbonyl (C=O) groups excluding carboxylic acids is 2. The number of aromatic nitrogens is 1. The van der Waals surface area contributed by atoms with Crippen LogP contribution in [0.4, 0.5) is 4.79 Å². The molecule has 1 heterocycles. The topological polar surface area (TPSA) is 101 Å². The highest BCUT2D eigenvalue weighted by atomic mass is 16.6. The van der Waals surface area contributed by atoms with Gasteiger partial charge in [0.2, 0.25) is 0 Å². The molecule has 1 saturated carbocycles. The van der Waals surface area contributed by atoms with Crippen LogP contribution in [-0.2, 0) is 25.4 Å². The minimum absolute atomic E-state index is 0.297. The number of methoxy groups -OCH3 is 1. The first-order valence-corrected chi connectivity index (χ1v) is 13.0. The number of pyridine rings is 1. The summed E-state index contributed by atoms with van der Waals surface area (Å²) in [4.78, 5) is 26.6. The van der Waals surface area contributed by atoms with Crippen LogP contribution >= 0.6 is 0 Å². The first-order valence-electron chi connectivity index (χ1n) is 13.0. The second kappa shape index (κ2) is 17.3. The lowest BCUT2D eigenvalue weighted by Gasteiger charge is -2.30. The Morgan fingerprint density at radius 1 is 1.14 bits per heavy atom. The molecule has 202 valence electrons. The Balaban J connectivity index is 0.000000626. The van der Waals surface area contributed by atoms with Gasteiger partial charge < -0.3 is 19.9 Å². The summed E-state index contributed by atoms with van der Waals surface area (Å²) in [5.41, 5.74) is 4.17. The zero-order valence-corrected chi connectivity index (χ0v) is 23.4. The molecule has 0 aromatic carbocycles. The number of hydrogen-bond donors (Lipinski definition) is 1. The average molecular weight is 495 g/mol. The molecule has 7 nitrogen and oxygen atoms in total. The third-order valence-electron chi connectivity index (χ3n) is 5.66. The lowest BCUT2D eigenvalue weighted by molar-refractivity contribution is -0.170. The molecule has 1 amide bonds. The number of rotatable bonds is 8. The van der Waals surface area contributed by atoms with Crippen molar-refractivity contribution in [2.24, 2.45) is 17.6 Å². The molecular weight excluding hydrogens is 444 g/mol. The lowest BCUT2D eigenvalue weighted by Crippen LogP contribution is -2.44. The molecule has 0 bridgehead atoms. The van der Waals surface area contributed by atoms with Gasteiger partial charge in [0.25, 0.3) is 0 Å². The van der Waals surface area contributed by atoms with Crippen LogP contribution in [0.1, 0.15) is 99.1 Å². The van der Waals surface area contributed by atoms with Gasteiger partial charge in [-0.3, -0.25) is 4.98 Å². The second-order valence-corrected chi connectivity index (χ2v) is 10.6. The zero-order valence-electron chi connectivity index (χ0n) is 23.4. The maximum absolute atomic E-state index is 12.3. The van der Waals surface area contributed by atoms with Gasteiger partial charge in [0.05, 0.1) is 6.61 Å². The Labute approximate surface area is 213 Å². The number of ether oxygens (including phenoxy) is 3. The van der Waals surface area contributed by atoms with Crippen LogP contribution in [0, 0.1) is 11.8 Å². The van der Waals surface area contributed by atoms with E-state index in [-0.39, 0.29) is 5.97 Å². The normalized spacial score (nSPS) is 15.6. The van der Waals surface area contributed by atoms with E-state index >= 15 is 0 Å². The average Bonchev–Trinajstić information content (AvgIpc) is 2.77. The SMILES string of the molecule is CC(C)(C)OC(N)=O.CC1CCCCC1.CCOC(=O)C(CCC(C)C)(Cc1ccccn1)OC. The van der Waals surface area contributed by atoms with Crippen molar-refractivity contribution < 1.29 is 23.8 Å². The summed E-state index contributed by atoms with van der Waals surface area (Å²) in [7, 11) is 1.57. The van der Waals surface area contributed by atoms with Crippen molar-refractivity contribution in [2.45, 2.75) is 111 Å². The highest BCUT2D eigenvalue weighted by Crippen LogP contribution is 2.26. The van der Waals surface area contributed by atoms with Crippen LogP contribution in [0.3, 0.4) is 0 Å². The number of esters is 1. The van der Waals surface area contributed by atoms with E-state index in [1.807, 2.05) is 25.1 Å². The maximum Gasteiger partial charge on any atom is 0.405 e. The Morgan fingerprint density at radius 3 is 2.11 bits per heavy atom. The number of amides is 1. The highest BCUT2D eigenvalue weighted by molar-refractivity contribution is 5.80. The van der Waals surface area contributed by atoms with E-state index in [1.165, 1.54) is 32.1 Å². The van der Waals surface area contributed by atoms with Crippen molar-refractivity contribution >= 4 is 12.1 Å². The maximum atomic E-state index is 12.3.